The van der Waals surface area contributed by atoms with Crippen LogP contribution in [0.25, 0.3) is 0 Å². The zero-order valence-electron chi connectivity index (χ0n) is 34.2. The van der Waals surface area contributed by atoms with E-state index < -0.39 is 84.3 Å². The fourth-order valence-electron chi connectivity index (χ4n) is 13.5. The molecule has 318 valence electrons. The molecule has 18 atom stereocenters. The van der Waals surface area contributed by atoms with E-state index in [2.05, 4.69) is 54.5 Å². The number of ether oxygens (including phenoxy) is 5. The van der Waals surface area contributed by atoms with Gasteiger partial charge >= 0.3 is 11.9 Å². The van der Waals surface area contributed by atoms with Crippen LogP contribution in [-0.4, -0.2) is 129 Å². The summed E-state index contributed by atoms with van der Waals surface area (Å²) in [6.45, 7) is 15.5. The van der Waals surface area contributed by atoms with Crippen LogP contribution in [0.15, 0.2) is 11.6 Å². The van der Waals surface area contributed by atoms with Gasteiger partial charge in [-0.2, -0.15) is 0 Å². The number of hydrogen-bond acceptors (Lipinski definition) is 13. The molecule has 0 radical (unpaired) electrons. The largest absolute Gasteiger partial charge is 0.479 e. The highest BCUT2D eigenvalue weighted by Gasteiger charge is 2.70. The quantitative estimate of drug-likeness (QED) is 0.117. The number of carboxylic acids is 1. The van der Waals surface area contributed by atoms with Gasteiger partial charge in [-0.3, -0.25) is 4.79 Å². The van der Waals surface area contributed by atoms with Gasteiger partial charge in [0.2, 0.25) is 0 Å². The van der Waals surface area contributed by atoms with Crippen molar-refractivity contribution in [2.24, 2.45) is 50.2 Å². The Balaban J connectivity index is 1.16. The number of hydrogen-bond donors (Lipinski definition) is 7. The topological polar surface area (TPSA) is 222 Å². The summed E-state index contributed by atoms with van der Waals surface area (Å²) in [5.41, 5.74) is -0.554. The van der Waals surface area contributed by atoms with Crippen LogP contribution < -0.4 is 0 Å². The minimum Gasteiger partial charge on any atom is -0.479 e. The molecule has 0 bridgehead atoms. The first-order valence-corrected chi connectivity index (χ1v) is 20.7. The smallest absolute Gasteiger partial charge is 0.335 e. The number of carbonyl (C=O) groups is 2. The first kappa shape index (κ1) is 42.4. The van der Waals surface area contributed by atoms with Crippen molar-refractivity contribution in [3.8, 4) is 0 Å². The molecule has 4 saturated carbocycles. The van der Waals surface area contributed by atoms with E-state index in [4.69, 9.17) is 23.7 Å². The molecule has 6 fully saturated rings. The minimum absolute atomic E-state index is 0.0152. The number of allylic oxidation sites excluding steroid dienone is 2. The van der Waals surface area contributed by atoms with Gasteiger partial charge in [0.1, 0.15) is 36.6 Å². The molecular weight excluding hydrogens is 728 g/mol. The number of esters is 1. The number of fused-ring (bicyclic) bond motifs is 7. The van der Waals surface area contributed by atoms with E-state index in [0.717, 1.165) is 32.1 Å². The molecule has 7 N–H and O–H groups in total. The van der Waals surface area contributed by atoms with Crippen LogP contribution in [0.4, 0.5) is 0 Å². The maximum Gasteiger partial charge on any atom is 0.335 e. The lowest BCUT2D eigenvalue weighted by molar-refractivity contribution is -0.366. The van der Waals surface area contributed by atoms with E-state index in [9.17, 15) is 45.3 Å². The molecule has 5 aliphatic carbocycles. The highest BCUT2D eigenvalue weighted by Crippen LogP contribution is 2.76. The molecule has 7 aliphatic rings. The van der Waals surface area contributed by atoms with Gasteiger partial charge in [-0.05, 0) is 103 Å². The van der Waals surface area contributed by atoms with E-state index in [0.29, 0.717) is 31.6 Å². The Bertz CT molecular complexity index is 1560. The summed E-state index contributed by atoms with van der Waals surface area (Å²) in [6, 6.07) is 0. The van der Waals surface area contributed by atoms with Gasteiger partial charge in [0, 0.05) is 0 Å². The van der Waals surface area contributed by atoms with Gasteiger partial charge in [0.25, 0.3) is 0 Å². The standard InChI is InChI=1S/C42H66O14/c1-37(2)17-21-20-9-10-24-39(5)13-12-26(54-35-32(29(47)28(46)31(55-35)33(49)50)56-34-30(48)27(45)22(43)19-53-34)38(3,4)23(39)11-14-41(24,7)40(20,6)15-16-42(21,18-25(37)44)36(51)52-8/h9,21-32,34-35,43-48H,10-19H2,1-8H3,(H,49,50)/t21-,22-,23-,24+,25-,26-,27-,28-,29-,30+,31-,32+,34+,35+,39-,40+,41+,42+/m0/s1. The molecule has 0 aromatic heterocycles. The van der Waals surface area contributed by atoms with Crippen LogP contribution in [0, 0.1) is 50.2 Å². The Labute approximate surface area is 329 Å². The van der Waals surface area contributed by atoms with Crippen molar-refractivity contribution >= 4 is 11.9 Å². The highest BCUT2D eigenvalue weighted by molar-refractivity contribution is 5.79. The summed E-state index contributed by atoms with van der Waals surface area (Å²) < 4.78 is 29.3. The Morgan fingerprint density at radius 1 is 0.786 bits per heavy atom. The van der Waals surface area contributed by atoms with E-state index in [1.807, 2.05) is 0 Å². The van der Waals surface area contributed by atoms with E-state index in [1.165, 1.54) is 12.7 Å². The van der Waals surface area contributed by atoms with E-state index in [-0.39, 0.29) is 46.1 Å². The van der Waals surface area contributed by atoms with Crippen LogP contribution in [0.1, 0.15) is 106 Å². The molecule has 14 heteroatoms. The van der Waals surface area contributed by atoms with Crippen LogP contribution in [0.3, 0.4) is 0 Å². The third-order valence-corrected chi connectivity index (χ3v) is 17.2. The molecule has 56 heavy (non-hydrogen) atoms. The zero-order chi connectivity index (χ0) is 41.1. The number of aliphatic hydroxyl groups is 6. The number of aliphatic carboxylic acids is 1. The van der Waals surface area contributed by atoms with Crippen molar-refractivity contribution in [2.75, 3.05) is 13.7 Å². The average molecular weight is 795 g/mol. The molecule has 14 nitrogen and oxygen atoms in total. The van der Waals surface area contributed by atoms with Crippen molar-refractivity contribution < 1.29 is 69.0 Å². The van der Waals surface area contributed by atoms with Crippen molar-refractivity contribution in [1.82, 2.24) is 0 Å². The molecule has 0 aromatic carbocycles. The maximum atomic E-state index is 13.7. The fourth-order valence-corrected chi connectivity index (χ4v) is 13.5. The number of carbonyl (C=O) groups excluding carboxylic acids is 1. The Hall–Kier alpha value is -1.72. The van der Waals surface area contributed by atoms with Crippen LogP contribution >= 0.6 is 0 Å². The van der Waals surface area contributed by atoms with Crippen molar-refractivity contribution in [3.05, 3.63) is 11.6 Å². The van der Waals surface area contributed by atoms with Crippen LogP contribution in [0.5, 0.6) is 0 Å². The van der Waals surface area contributed by atoms with E-state index >= 15 is 0 Å². The molecule has 0 amide bonds. The average Bonchev–Trinajstić information content (AvgIpc) is 3.12. The van der Waals surface area contributed by atoms with Gasteiger partial charge in [0.05, 0.1) is 31.3 Å². The molecular formula is C42H66O14. The number of methoxy groups -OCH3 is 1. The molecule has 0 spiro atoms. The summed E-state index contributed by atoms with van der Waals surface area (Å²) in [5, 5.41) is 74.0. The summed E-state index contributed by atoms with van der Waals surface area (Å²) in [6.07, 6.45) is -6.58. The normalized spacial score (nSPS) is 52.3. The van der Waals surface area contributed by atoms with E-state index in [1.54, 1.807) is 0 Å². The second kappa shape index (κ2) is 14.2. The van der Waals surface area contributed by atoms with Crippen LogP contribution in [-0.2, 0) is 33.3 Å². The zero-order valence-corrected chi connectivity index (χ0v) is 34.2. The third kappa shape index (κ3) is 6.09. The lowest BCUT2D eigenvalue weighted by atomic mass is 9.33. The van der Waals surface area contributed by atoms with Gasteiger partial charge in [-0.25, -0.2) is 4.79 Å². The monoisotopic (exact) mass is 794 g/mol. The lowest BCUT2D eigenvalue weighted by Crippen LogP contribution is -2.67. The fraction of sp³-hybridized carbons (Fsp3) is 0.905. The second-order valence-electron chi connectivity index (χ2n) is 20.5. The lowest BCUT2D eigenvalue weighted by Gasteiger charge is -2.71. The Kier molecular flexibility index (Phi) is 10.8. The summed E-state index contributed by atoms with van der Waals surface area (Å²) in [4.78, 5) is 25.8. The number of carboxylic acid groups (broad SMARTS) is 1. The van der Waals surface area contributed by atoms with Gasteiger partial charge in [0.15, 0.2) is 18.7 Å². The Morgan fingerprint density at radius 3 is 2.14 bits per heavy atom. The van der Waals surface area contributed by atoms with Gasteiger partial charge in [-0.1, -0.05) is 60.1 Å². The third-order valence-electron chi connectivity index (χ3n) is 17.2. The van der Waals surface area contributed by atoms with Crippen LogP contribution in [0.2, 0.25) is 0 Å². The molecule has 2 heterocycles. The number of rotatable bonds is 6. The first-order valence-electron chi connectivity index (χ1n) is 20.7. The Morgan fingerprint density at radius 2 is 1.48 bits per heavy atom. The maximum absolute atomic E-state index is 13.7. The van der Waals surface area contributed by atoms with Crippen molar-refractivity contribution in [1.29, 1.82) is 0 Å². The molecule has 0 aromatic rings. The van der Waals surface area contributed by atoms with Gasteiger partial charge < -0.3 is 59.4 Å². The summed E-state index contributed by atoms with van der Waals surface area (Å²) in [7, 11) is 1.46. The second-order valence-corrected chi connectivity index (χ2v) is 20.5. The highest BCUT2D eigenvalue weighted by atomic mass is 16.8. The summed E-state index contributed by atoms with van der Waals surface area (Å²) in [5.74, 6) is -1.22. The molecule has 2 aliphatic heterocycles. The van der Waals surface area contributed by atoms with Crippen molar-refractivity contribution in [2.45, 2.75) is 174 Å². The first-order chi connectivity index (χ1) is 26.0. The minimum atomic E-state index is -1.89. The SMILES string of the molecule is COC(=O)[C@@]12CC[C@]3(C)C(=CC[C@@H]4[C@@]5(C)CC[C@H](O[C@@H]6O[C@H](C(=O)O)[C@@H](O)[C@H](O)[C@H]6O[C@H]6OC[C@H](O)[C@H](O)[C@H]6O)C(C)(C)[C@@H]5CC[C@]43C)[C@@H]1CC(C)(C)[C@@H](O)C2. The number of aliphatic hydroxyl groups excluding tert-OH is 6. The van der Waals surface area contributed by atoms with Gasteiger partial charge in [-0.15, -0.1) is 0 Å². The van der Waals surface area contributed by atoms with Crippen molar-refractivity contribution in [3.63, 3.8) is 0 Å². The predicted octanol–water partition coefficient (Wildman–Crippen LogP) is 2.67. The molecule has 7 rings (SSSR count). The summed E-state index contributed by atoms with van der Waals surface area (Å²) >= 11 is 0. The molecule has 2 saturated heterocycles. The molecule has 0 unspecified atom stereocenters. The predicted molar refractivity (Wildman–Crippen MR) is 198 cm³/mol.